The Morgan fingerprint density at radius 3 is 2.43 bits per heavy atom. The van der Waals surface area contributed by atoms with Gasteiger partial charge in [0.05, 0.1) is 12.3 Å². The minimum Gasteiger partial charge on any atom is -0.353 e. The van der Waals surface area contributed by atoms with Crippen LogP contribution in [-0.2, 0) is 16.0 Å². The second-order valence-electron chi connectivity index (χ2n) is 9.04. The third kappa shape index (κ3) is 5.21. The van der Waals surface area contributed by atoms with Gasteiger partial charge in [-0.3, -0.25) is 9.59 Å². The van der Waals surface area contributed by atoms with Gasteiger partial charge >= 0.3 is 0 Å². The van der Waals surface area contributed by atoms with Gasteiger partial charge in [0.2, 0.25) is 11.8 Å². The smallest absolute Gasteiger partial charge is 0.227 e. The molecule has 30 heavy (non-hydrogen) atoms. The zero-order valence-electron chi connectivity index (χ0n) is 17.9. The summed E-state index contributed by atoms with van der Waals surface area (Å²) in [5.41, 5.74) is 1.07. The Kier molecular flexibility index (Phi) is 7.03. The molecule has 1 saturated heterocycles. The largest absolute Gasteiger partial charge is 0.353 e. The minimum absolute atomic E-state index is 0.0688. The first kappa shape index (κ1) is 20.9. The first-order chi connectivity index (χ1) is 14.7. The number of carbonyl (C=O) groups excluding carboxylic acids is 2. The van der Waals surface area contributed by atoms with E-state index < -0.39 is 0 Å². The predicted octanol–water partition coefficient (Wildman–Crippen LogP) is 4.85. The SMILES string of the molecule is O=C(NC1CCCCCCC1)C1CCCN(C(=O)Cc2cccc3ccccc23)C1. The molecule has 0 bridgehead atoms. The second kappa shape index (κ2) is 10.1. The Hall–Kier alpha value is -2.36. The maximum atomic E-state index is 13.0. The van der Waals surface area contributed by atoms with E-state index in [1.165, 1.54) is 32.1 Å². The van der Waals surface area contributed by atoms with Crippen molar-refractivity contribution < 1.29 is 9.59 Å². The van der Waals surface area contributed by atoms with Crippen LogP contribution in [0.5, 0.6) is 0 Å². The number of benzene rings is 2. The highest BCUT2D eigenvalue weighted by Gasteiger charge is 2.29. The Morgan fingerprint density at radius 2 is 1.60 bits per heavy atom. The second-order valence-corrected chi connectivity index (χ2v) is 9.04. The number of likely N-dealkylation sites (tertiary alicyclic amines) is 1. The standard InChI is InChI=1S/C26H34N2O2/c29-25(18-21-12-8-11-20-10-6-7-16-24(20)21)28-17-9-13-22(19-28)26(30)27-23-14-4-2-1-3-5-15-23/h6-8,10-12,16,22-23H,1-5,9,13-15,17-19H2,(H,27,30). The number of nitrogens with zero attached hydrogens (tertiary/aromatic N) is 1. The molecule has 4 rings (SSSR count). The van der Waals surface area contributed by atoms with Crippen LogP contribution in [0.15, 0.2) is 42.5 Å². The first-order valence-corrected chi connectivity index (χ1v) is 11.8. The summed E-state index contributed by atoms with van der Waals surface area (Å²) in [6, 6.07) is 14.7. The van der Waals surface area contributed by atoms with Crippen molar-refractivity contribution in [3.8, 4) is 0 Å². The van der Waals surface area contributed by atoms with E-state index in [-0.39, 0.29) is 17.7 Å². The topological polar surface area (TPSA) is 49.4 Å². The fourth-order valence-corrected chi connectivity index (χ4v) is 5.06. The molecule has 0 radical (unpaired) electrons. The summed E-state index contributed by atoms with van der Waals surface area (Å²) in [6.45, 7) is 1.32. The van der Waals surface area contributed by atoms with Crippen LogP contribution < -0.4 is 5.32 Å². The molecule has 1 atom stereocenters. The fourth-order valence-electron chi connectivity index (χ4n) is 5.06. The zero-order chi connectivity index (χ0) is 20.8. The molecule has 1 saturated carbocycles. The maximum Gasteiger partial charge on any atom is 0.227 e. The lowest BCUT2D eigenvalue weighted by molar-refractivity contribution is -0.135. The van der Waals surface area contributed by atoms with Crippen molar-refractivity contribution >= 4 is 22.6 Å². The molecule has 4 heteroatoms. The monoisotopic (exact) mass is 406 g/mol. The van der Waals surface area contributed by atoms with Crippen LogP contribution in [0.1, 0.15) is 63.4 Å². The number of carbonyl (C=O) groups is 2. The van der Waals surface area contributed by atoms with Crippen LogP contribution in [0, 0.1) is 5.92 Å². The highest BCUT2D eigenvalue weighted by Crippen LogP contribution is 2.23. The van der Waals surface area contributed by atoms with Crippen LogP contribution in [0.4, 0.5) is 0 Å². The average molecular weight is 407 g/mol. The molecular weight excluding hydrogens is 372 g/mol. The molecule has 2 amide bonds. The van der Waals surface area contributed by atoms with E-state index in [2.05, 4.69) is 23.5 Å². The number of rotatable bonds is 4. The van der Waals surface area contributed by atoms with Crippen LogP contribution >= 0.6 is 0 Å². The highest BCUT2D eigenvalue weighted by atomic mass is 16.2. The Morgan fingerprint density at radius 1 is 0.867 bits per heavy atom. The quantitative estimate of drug-likeness (QED) is 0.789. The highest BCUT2D eigenvalue weighted by molar-refractivity contribution is 5.90. The lowest BCUT2D eigenvalue weighted by Gasteiger charge is -2.33. The van der Waals surface area contributed by atoms with Gasteiger partial charge in [0.1, 0.15) is 0 Å². The van der Waals surface area contributed by atoms with Crippen molar-refractivity contribution in [3.05, 3.63) is 48.0 Å². The summed E-state index contributed by atoms with van der Waals surface area (Å²) in [5.74, 6) is 0.221. The van der Waals surface area contributed by atoms with E-state index in [0.29, 0.717) is 19.0 Å². The molecule has 160 valence electrons. The molecule has 0 aromatic heterocycles. The van der Waals surface area contributed by atoms with E-state index in [0.717, 1.165) is 48.6 Å². The van der Waals surface area contributed by atoms with Crippen LogP contribution in [0.3, 0.4) is 0 Å². The predicted molar refractivity (Wildman–Crippen MR) is 121 cm³/mol. The number of hydrogen-bond acceptors (Lipinski definition) is 2. The lowest BCUT2D eigenvalue weighted by atomic mass is 9.93. The lowest BCUT2D eigenvalue weighted by Crippen LogP contribution is -2.48. The van der Waals surface area contributed by atoms with Crippen LogP contribution in [0.25, 0.3) is 10.8 Å². The van der Waals surface area contributed by atoms with E-state index in [4.69, 9.17) is 0 Å². The summed E-state index contributed by atoms with van der Waals surface area (Å²) in [7, 11) is 0. The third-order valence-electron chi connectivity index (χ3n) is 6.82. The number of hydrogen-bond donors (Lipinski definition) is 1. The van der Waals surface area contributed by atoms with Gasteiger partial charge in [0, 0.05) is 19.1 Å². The van der Waals surface area contributed by atoms with Crippen molar-refractivity contribution in [1.82, 2.24) is 10.2 Å². The van der Waals surface area contributed by atoms with Crippen molar-refractivity contribution in [3.63, 3.8) is 0 Å². The van der Waals surface area contributed by atoms with Crippen LogP contribution in [0.2, 0.25) is 0 Å². The molecule has 1 aliphatic carbocycles. The van der Waals surface area contributed by atoms with E-state index in [1.54, 1.807) is 0 Å². The Bertz CT molecular complexity index is 865. The van der Waals surface area contributed by atoms with Gasteiger partial charge in [-0.05, 0) is 42.0 Å². The van der Waals surface area contributed by atoms with Crippen LogP contribution in [-0.4, -0.2) is 35.8 Å². The van der Waals surface area contributed by atoms with Gasteiger partial charge in [-0.25, -0.2) is 0 Å². The molecule has 4 nitrogen and oxygen atoms in total. The molecule has 2 aromatic rings. The Labute approximate surface area is 180 Å². The number of fused-ring (bicyclic) bond motifs is 1. The summed E-state index contributed by atoms with van der Waals surface area (Å²) < 4.78 is 0. The van der Waals surface area contributed by atoms with Crippen molar-refractivity contribution in [2.45, 2.75) is 70.3 Å². The molecule has 1 aliphatic heterocycles. The normalized spacial score (nSPS) is 21.1. The minimum atomic E-state index is -0.0688. The molecule has 1 unspecified atom stereocenters. The van der Waals surface area contributed by atoms with Gasteiger partial charge < -0.3 is 10.2 Å². The maximum absolute atomic E-state index is 13.0. The van der Waals surface area contributed by atoms with Gasteiger partial charge in [0.15, 0.2) is 0 Å². The summed E-state index contributed by atoms with van der Waals surface area (Å²) in [5, 5.41) is 5.62. The van der Waals surface area contributed by atoms with Gasteiger partial charge in [-0.1, -0.05) is 74.6 Å². The molecule has 0 spiro atoms. The molecule has 2 fully saturated rings. The summed E-state index contributed by atoms with van der Waals surface area (Å²) >= 11 is 0. The zero-order valence-corrected chi connectivity index (χ0v) is 17.9. The fraction of sp³-hybridized carbons (Fsp3) is 0.538. The van der Waals surface area contributed by atoms with Gasteiger partial charge in [0.25, 0.3) is 0 Å². The number of nitrogens with one attached hydrogen (secondary N) is 1. The van der Waals surface area contributed by atoms with E-state index >= 15 is 0 Å². The number of amides is 2. The van der Waals surface area contributed by atoms with Crippen molar-refractivity contribution in [1.29, 1.82) is 0 Å². The van der Waals surface area contributed by atoms with Crippen molar-refractivity contribution in [2.75, 3.05) is 13.1 Å². The molecule has 1 N–H and O–H groups in total. The van der Waals surface area contributed by atoms with Gasteiger partial charge in [-0.2, -0.15) is 0 Å². The molecule has 2 aliphatic rings. The summed E-state index contributed by atoms with van der Waals surface area (Å²) in [6.07, 6.45) is 10.7. The molecular formula is C26H34N2O2. The van der Waals surface area contributed by atoms with Gasteiger partial charge in [-0.15, -0.1) is 0 Å². The third-order valence-corrected chi connectivity index (χ3v) is 6.82. The molecule has 2 aromatic carbocycles. The summed E-state index contributed by atoms with van der Waals surface area (Å²) in [4.78, 5) is 27.9. The Balaban J connectivity index is 1.35. The first-order valence-electron chi connectivity index (χ1n) is 11.8. The van der Waals surface area contributed by atoms with Crippen molar-refractivity contribution in [2.24, 2.45) is 5.92 Å². The van der Waals surface area contributed by atoms with E-state index in [1.807, 2.05) is 29.2 Å². The number of piperidine rings is 1. The average Bonchev–Trinajstić information content (AvgIpc) is 2.76. The molecule has 1 heterocycles. The van der Waals surface area contributed by atoms with E-state index in [9.17, 15) is 9.59 Å².